The summed E-state index contributed by atoms with van der Waals surface area (Å²) in [4.78, 5) is 2.33. The fourth-order valence-corrected chi connectivity index (χ4v) is 2.90. The van der Waals surface area contributed by atoms with Gasteiger partial charge in [-0.1, -0.05) is 38.1 Å². The third-order valence-corrected chi connectivity index (χ3v) is 4.55. The summed E-state index contributed by atoms with van der Waals surface area (Å²) in [5.41, 5.74) is 9.68. The van der Waals surface area contributed by atoms with Crippen LogP contribution in [0.15, 0.2) is 42.5 Å². The summed E-state index contributed by atoms with van der Waals surface area (Å²) in [7, 11) is 0. The predicted molar refractivity (Wildman–Crippen MR) is 109 cm³/mol. The highest BCUT2D eigenvalue weighted by atomic mass is 16.5. The van der Waals surface area contributed by atoms with Gasteiger partial charge in [0.2, 0.25) is 0 Å². The lowest BCUT2D eigenvalue weighted by Crippen LogP contribution is -2.27. The Kier molecular flexibility index (Phi) is 5.92. The maximum Gasteiger partial charge on any atom is 0.120 e. The van der Waals surface area contributed by atoms with E-state index in [1.54, 1.807) is 0 Å². The van der Waals surface area contributed by atoms with Crippen molar-refractivity contribution in [1.82, 2.24) is 15.1 Å². The van der Waals surface area contributed by atoms with Crippen LogP contribution in [0.4, 0.5) is 5.69 Å². The van der Waals surface area contributed by atoms with Crippen molar-refractivity contribution in [2.75, 3.05) is 32.0 Å². The molecule has 0 saturated carbocycles. The lowest BCUT2D eigenvalue weighted by Gasteiger charge is -2.18. The van der Waals surface area contributed by atoms with Gasteiger partial charge in [-0.2, -0.15) is 5.10 Å². The van der Waals surface area contributed by atoms with E-state index in [-0.39, 0.29) is 0 Å². The number of nitrogen functional groups attached to an aromatic ring is 1. The molecule has 0 amide bonds. The average Bonchev–Trinajstić information content (AvgIpc) is 3.08. The Labute approximate surface area is 154 Å². The lowest BCUT2D eigenvalue weighted by molar-refractivity contribution is 0.223. The molecule has 1 heterocycles. The molecule has 0 saturated heterocycles. The highest BCUT2D eigenvalue weighted by molar-refractivity contribution is 5.90. The van der Waals surface area contributed by atoms with Gasteiger partial charge < -0.3 is 15.4 Å². The number of H-pyrrole nitrogens is 1. The Hall–Kier alpha value is -2.79. The smallest absolute Gasteiger partial charge is 0.120 e. The third kappa shape index (κ3) is 4.24. The van der Waals surface area contributed by atoms with E-state index in [0.29, 0.717) is 6.61 Å². The quantitative estimate of drug-likeness (QED) is 0.602. The second-order valence-corrected chi connectivity index (χ2v) is 6.15. The minimum atomic E-state index is 0.665. The van der Waals surface area contributed by atoms with E-state index >= 15 is 0 Å². The van der Waals surface area contributed by atoms with Crippen LogP contribution >= 0.6 is 0 Å². The number of nitrogens with one attached hydrogen (secondary N) is 1. The Bertz CT molecular complexity index is 881. The van der Waals surface area contributed by atoms with Crippen molar-refractivity contribution in [2.45, 2.75) is 13.8 Å². The number of benzene rings is 2. The largest absolute Gasteiger partial charge is 0.492 e. The van der Waals surface area contributed by atoms with Gasteiger partial charge >= 0.3 is 0 Å². The summed E-state index contributed by atoms with van der Waals surface area (Å²) < 4.78 is 5.89. The van der Waals surface area contributed by atoms with Gasteiger partial charge in [0, 0.05) is 23.2 Å². The molecule has 2 aromatic carbocycles. The number of nitrogens with two attached hydrogens (primary N) is 1. The molecule has 0 unspecified atom stereocenters. The topological polar surface area (TPSA) is 67.2 Å². The average molecular weight is 350 g/mol. The normalized spacial score (nSPS) is 11.7. The van der Waals surface area contributed by atoms with Crippen molar-refractivity contribution < 1.29 is 4.74 Å². The minimum absolute atomic E-state index is 0.665. The number of ether oxygens (including phenoxy) is 1. The Balaban J connectivity index is 1.71. The Morgan fingerprint density at radius 1 is 1.12 bits per heavy atom. The van der Waals surface area contributed by atoms with E-state index in [1.807, 2.05) is 48.6 Å². The first-order chi connectivity index (χ1) is 12.7. The third-order valence-electron chi connectivity index (χ3n) is 4.55. The summed E-state index contributed by atoms with van der Waals surface area (Å²) >= 11 is 0. The zero-order chi connectivity index (χ0) is 18.4. The van der Waals surface area contributed by atoms with E-state index in [0.717, 1.165) is 53.2 Å². The predicted octanol–water partition coefficient (Wildman–Crippen LogP) is 4.04. The van der Waals surface area contributed by atoms with Gasteiger partial charge in [-0.15, -0.1) is 0 Å². The number of fused-ring (bicyclic) bond motifs is 1. The van der Waals surface area contributed by atoms with Crippen LogP contribution in [0.5, 0.6) is 5.75 Å². The van der Waals surface area contributed by atoms with Crippen LogP contribution in [0.1, 0.15) is 25.1 Å². The van der Waals surface area contributed by atoms with Crippen molar-refractivity contribution in [3.05, 3.63) is 53.7 Å². The van der Waals surface area contributed by atoms with Gasteiger partial charge in [-0.25, -0.2) is 0 Å². The molecule has 0 aliphatic heterocycles. The Morgan fingerprint density at radius 3 is 2.73 bits per heavy atom. The molecule has 5 nitrogen and oxygen atoms in total. The summed E-state index contributed by atoms with van der Waals surface area (Å²) in [6.45, 7) is 7.98. The van der Waals surface area contributed by atoms with Crippen molar-refractivity contribution in [1.29, 1.82) is 0 Å². The van der Waals surface area contributed by atoms with Crippen molar-refractivity contribution in [3.63, 3.8) is 0 Å². The second-order valence-electron chi connectivity index (χ2n) is 6.15. The first-order valence-electron chi connectivity index (χ1n) is 9.07. The van der Waals surface area contributed by atoms with Gasteiger partial charge in [-0.3, -0.25) is 5.10 Å². The zero-order valence-corrected chi connectivity index (χ0v) is 15.4. The van der Waals surface area contributed by atoms with Crippen LogP contribution in [0, 0.1) is 0 Å². The fourth-order valence-electron chi connectivity index (χ4n) is 2.90. The highest BCUT2D eigenvalue weighted by Crippen LogP contribution is 2.23. The van der Waals surface area contributed by atoms with Gasteiger partial charge in [0.25, 0.3) is 0 Å². The van der Waals surface area contributed by atoms with Crippen molar-refractivity contribution in [2.24, 2.45) is 0 Å². The summed E-state index contributed by atoms with van der Waals surface area (Å²) in [5, 5.41) is 8.49. The summed E-state index contributed by atoms with van der Waals surface area (Å²) in [6.07, 6.45) is 3.96. The number of hydrogen-bond acceptors (Lipinski definition) is 4. The van der Waals surface area contributed by atoms with Crippen LogP contribution in [0.3, 0.4) is 0 Å². The van der Waals surface area contributed by atoms with E-state index in [4.69, 9.17) is 10.5 Å². The standard InChI is InChI=1S/C21H26N4O/c1-3-25(4-2)13-14-26-17-10-11-19(22)16(15-17)9-12-21-18-7-5-6-8-20(18)23-24-21/h5-12,15H,3-4,13-14,22H2,1-2H3,(H,23,24)/b12-9+. The molecule has 0 aliphatic carbocycles. The Morgan fingerprint density at radius 2 is 1.92 bits per heavy atom. The molecule has 26 heavy (non-hydrogen) atoms. The zero-order valence-electron chi connectivity index (χ0n) is 15.4. The van der Waals surface area contributed by atoms with E-state index in [1.165, 1.54) is 0 Å². The monoisotopic (exact) mass is 350 g/mol. The first kappa shape index (κ1) is 18.0. The molecule has 5 heteroatoms. The molecule has 0 bridgehead atoms. The number of hydrogen-bond donors (Lipinski definition) is 2. The van der Waals surface area contributed by atoms with Crippen LogP contribution in [0.2, 0.25) is 0 Å². The molecule has 0 aliphatic rings. The second kappa shape index (κ2) is 8.54. The maximum atomic E-state index is 6.12. The van der Waals surface area contributed by atoms with Crippen molar-refractivity contribution >= 4 is 28.7 Å². The molecular formula is C21H26N4O. The maximum absolute atomic E-state index is 6.12. The van der Waals surface area contributed by atoms with E-state index < -0.39 is 0 Å². The van der Waals surface area contributed by atoms with E-state index in [9.17, 15) is 0 Å². The number of aromatic nitrogens is 2. The van der Waals surface area contributed by atoms with Gasteiger partial charge in [0.15, 0.2) is 0 Å². The number of nitrogens with zero attached hydrogens (tertiary/aromatic N) is 2. The van der Waals surface area contributed by atoms with E-state index in [2.05, 4.69) is 35.0 Å². The SMILES string of the molecule is CCN(CC)CCOc1ccc(N)c(/C=C/c2n[nH]c3ccccc23)c1. The van der Waals surface area contributed by atoms with Gasteiger partial charge in [0.05, 0.1) is 11.2 Å². The van der Waals surface area contributed by atoms with Crippen LogP contribution in [-0.2, 0) is 0 Å². The lowest BCUT2D eigenvalue weighted by atomic mass is 10.1. The molecule has 3 aromatic rings. The number of rotatable bonds is 8. The molecule has 0 spiro atoms. The van der Waals surface area contributed by atoms with Gasteiger partial charge in [0.1, 0.15) is 12.4 Å². The highest BCUT2D eigenvalue weighted by Gasteiger charge is 2.04. The molecular weight excluding hydrogens is 324 g/mol. The first-order valence-corrected chi connectivity index (χ1v) is 9.07. The fraction of sp³-hybridized carbons (Fsp3) is 0.286. The molecule has 0 radical (unpaired) electrons. The summed E-state index contributed by atoms with van der Waals surface area (Å²) in [6, 6.07) is 13.8. The number of para-hydroxylation sites is 1. The molecule has 3 N–H and O–H groups in total. The van der Waals surface area contributed by atoms with Crippen LogP contribution in [0.25, 0.3) is 23.1 Å². The molecule has 3 rings (SSSR count). The molecule has 136 valence electrons. The van der Waals surface area contributed by atoms with Crippen LogP contribution in [-0.4, -0.2) is 41.3 Å². The number of anilines is 1. The minimum Gasteiger partial charge on any atom is -0.492 e. The van der Waals surface area contributed by atoms with Crippen molar-refractivity contribution in [3.8, 4) is 5.75 Å². The molecule has 0 fully saturated rings. The number of aromatic amines is 1. The summed E-state index contributed by atoms with van der Waals surface area (Å²) in [5.74, 6) is 0.831. The molecule has 0 atom stereocenters. The number of likely N-dealkylation sites (N-methyl/N-ethyl adjacent to an activating group) is 1. The van der Waals surface area contributed by atoms with Crippen LogP contribution < -0.4 is 10.5 Å². The van der Waals surface area contributed by atoms with Gasteiger partial charge in [-0.05, 0) is 43.4 Å². The molecule has 1 aromatic heterocycles.